The van der Waals surface area contributed by atoms with Crippen LogP contribution in [0.4, 0.5) is 5.69 Å². The second kappa shape index (κ2) is 14.4. The molecule has 3 aliphatic rings. The number of allylic oxidation sites excluding steroid dienone is 1. The topological polar surface area (TPSA) is 125 Å². The van der Waals surface area contributed by atoms with Gasteiger partial charge in [-0.1, -0.05) is 62.8 Å². The van der Waals surface area contributed by atoms with Gasteiger partial charge >= 0.3 is 5.97 Å². The van der Waals surface area contributed by atoms with Crippen LogP contribution in [0.1, 0.15) is 52.9 Å². The Morgan fingerprint density at radius 3 is 2.60 bits per heavy atom. The summed E-state index contributed by atoms with van der Waals surface area (Å²) in [6.45, 7) is 13.1. The molecule has 10 heteroatoms. The van der Waals surface area contributed by atoms with E-state index < -0.39 is 47.7 Å². The van der Waals surface area contributed by atoms with Gasteiger partial charge in [-0.25, -0.2) is 0 Å². The van der Waals surface area contributed by atoms with Gasteiger partial charge in [0, 0.05) is 18.7 Å². The Kier molecular flexibility index (Phi) is 10.5. The highest BCUT2D eigenvalue weighted by atomic mass is 16.6. The molecule has 2 N–H and O–H groups in total. The number of aliphatic hydroxyl groups is 1. The van der Waals surface area contributed by atoms with E-state index in [1.54, 1.807) is 24.0 Å². The molecule has 0 aromatic heterocycles. The summed E-state index contributed by atoms with van der Waals surface area (Å²) >= 11 is 0. The van der Waals surface area contributed by atoms with Gasteiger partial charge in [0.1, 0.15) is 17.7 Å². The predicted molar refractivity (Wildman–Crippen MR) is 179 cm³/mol. The van der Waals surface area contributed by atoms with Crippen molar-refractivity contribution in [3.05, 3.63) is 67.8 Å². The van der Waals surface area contributed by atoms with Crippen LogP contribution in [0.2, 0.25) is 0 Å². The van der Waals surface area contributed by atoms with Crippen LogP contribution in [0.3, 0.4) is 0 Å². The second-order valence-electron chi connectivity index (χ2n) is 13.1. The highest BCUT2D eigenvalue weighted by Gasteiger charge is 2.76. The second-order valence-corrected chi connectivity index (χ2v) is 13.1. The molecule has 2 bridgehead atoms. The first-order chi connectivity index (χ1) is 22.6. The van der Waals surface area contributed by atoms with Crippen molar-refractivity contribution in [3.63, 3.8) is 0 Å². The van der Waals surface area contributed by atoms with Crippen molar-refractivity contribution in [1.82, 2.24) is 10.2 Å². The van der Waals surface area contributed by atoms with Crippen LogP contribution < -0.4 is 10.2 Å². The van der Waals surface area contributed by atoms with E-state index in [-0.39, 0.29) is 49.8 Å². The Hall–Kier alpha value is -4.02. The number of carbonyl (C=O) groups excluding carboxylic acids is 4. The number of esters is 1. The molecule has 10 nitrogen and oxygen atoms in total. The third kappa shape index (κ3) is 6.33. The lowest BCUT2D eigenvalue weighted by molar-refractivity contribution is -0.160. The number of benzene rings is 2. The van der Waals surface area contributed by atoms with Gasteiger partial charge in [-0.05, 0) is 55.0 Å². The first-order valence-electron chi connectivity index (χ1n) is 16.7. The number of ether oxygens (including phenoxy) is 2. The summed E-state index contributed by atoms with van der Waals surface area (Å²) in [4.78, 5) is 58.5. The number of rotatable bonds is 15. The maximum atomic E-state index is 14.9. The number of nitrogens with one attached hydrogen (secondary N) is 1. The zero-order valence-electron chi connectivity index (χ0n) is 27.6. The van der Waals surface area contributed by atoms with Gasteiger partial charge < -0.3 is 29.7 Å². The van der Waals surface area contributed by atoms with E-state index in [9.17, 15) is 24.3 Å². The highest BCUT2D eigenvalue weighted by Crippen LogP contribution is 2.59. The first kappa shape index (κ1) is 34.3. The van der Waals surface area contributed by atoms with Crippen LogP contribution >= 0.6 is 0 Å². The molecule has 3 fully saturated rings. The van der Waals surface area contributed by atoms with Crippen molar-refractivity contribution < 1.29 is 33.8 Å². The van der Waals surface area contributed by atoms with Gasteiger partial charge in [0.2, 0.25) is 11.8 Å². The average molecular weight is 646 g/mol. The Labute approximate surface area is 276 Å². The minimum Gasteiger partial charge on any atom is -0.460 e. The Morgan fingerprint density at radius 1 is 1.17 bits per heavy atom. The molecule has 2 aromatic carbocycles. The molecule has 1 spiro atoms. The van der Waals surface area contributed by atoms with Crippen molar-refractivity contribution in [2.24, 2.45) is 17.8 Å². The van der Waals surface area contributed by atoms with Crippen molar-refractivity contribution in [2.75, 3.05) is 24.6 Å². The number of anilines is 1. The van der Waals surface area contributed by atoms with Gasteiger partial charge in [0.25, 0.3) is 5.91 Å². The van der Waals surface area contributed by atoms with Gasteiger partial charge in [-0.3, -0.25) is 19.2 Å². The Bertz CT molecular complexity index is 1530. The number of hydrogen-bond acceptors (Lipinski definition) is 7. The number of fused-ring (bicyclic) bond motifs is 2. The lowest BCUT2D eigenvalue weighted by atomic mass is 9.70. The molecule has 0 saturated carbocycles. The molecule has 2 aromatic rings. The summed E-state index contributed by atoms with van der Waals surface area (Å²) in [5, 5.41) is 15.4. The molecule has 0 aliphatic carbocycles. The summed E-state index contributed by atoms with van der Waals surface area (Å²) in [5.74, 6) is -3.48. The van der Waals surface area contributed by atoms with Gasteiger partial charge in [-0.15, -0.1) is 13.2 Å². The average Bonchev–Trinajstić information content (AvgIpc) is 3.72. The lowest BCUT2D eigenvalue weighted by Crippen LogP contribution is -2.60. The highest BCUT2D eigenvalue weighted by molar-refractivity contribution is 6.05. The van der Waals surface area contributed by atoms with Gasteiger partial charge in [0.05, 0.1) is 37.1 Å². The van der Waals surface area contributed by atoms with E-state index in [0.29, 0.717) is 31.4 Å². The van der Waals surface area contributed by atoms with Crippen molar-refractivity contribution in [1.29, 1.82) is 0 Å². The molecule has 47 heavy (non-hydrogen) atoms. The number of hydrogen-bond donors (Lipinski definition) is 2. The molecule has 3 aliphatic heterocycles. The monoisotopic (exact) mass is 645 g/mol. The van der Waals surface area contributed by atoms with E-state index >= 15 is 0 Å². The smallest absolute Gasteiger partial charge is 0.312 e. The van der Waals surface area contributed by atoms with Crippen molar-refractivity contribution in [2.45, 2.75) is 82.8 Å². The molecule has 0 radical (unpaired) electrons. The quantitative estimate of drug-likeness (QED) is 0.220. The summed E-state index contributed by atoms with van der Waals surface area (Å²) in [6, 6.07) is 11.9. The third-order valence-electron chi connectivity index (χ3n) is 10.2. The van der Waals surface area contributed by atoms with Crippen LogP contribution in [0.25, 0.3) is 10.8 Å². The number of likely N-dealkylation sites (tertiary alicyclic amines) is 1. The zero-order chi connectivity index (χ0) is 33.9. The summed E-state index contributed by atoms with van der Waals surface area (Å²) in [5.41, 5.74) is -0.612. The van der Waals surface area contributed by atoms with Crippen LogP contribution in [0.5, 0.6) is 0 Å². The molecule has 3 amide bonds. The summed E-state index contributed by atoms with van der Waals surface area (Å²) in [6.07, 6.45) is 4.47. The number of amides is 3. The molecular formula is C37H47N3O7. The number of nitrogens with zero attached hydrogens (tertiary/aromatic N) is 2. The molecule has 3 saturated heterocycles. The van der Waals surface area contributed by atoms with Crippen molar-refractivity contribution >= 4 is 40.2 Å². The molecule has 8 atom stereocenters. The summed E-state index contributed by atoms with van der Waals surface area (Å²) in [7, 11) is 0. The van der Waals surface area contributed by atoms with E-state index in [4.69, 9.17) is 9.47 Å². The normalized spacial score (nSPS) is 26.4. The van der Waals surface area contributed by atoms with Crippen LogP contribution in [-0.4, -0.2) is 83.3 Å². The van der Waals surface area contributed by atoms with Gasteiger partial charge in [0.15, 0.2) is 0 Å². The van der Waals surface area contributed by atoms with Crippen LogP contribution in [0.15, 0.2) is 67.8 Å². The molecule has 252 valence electrons. The summed E-state index contributed by atoms with van der Waals surface area (Å²) < 4.78 is 12.4. The van der Waals surface area contributed by atoms with Crippen molar-refractivity contribution in [3.8, 4) is 0 Å². The predicted octanol–water partition coefficient (Wildman–Crippen LogP) is 4.15. The third-order valence-corrected chi connectivity index (χ3v) is 10.2. The Balaban J connectivity index is 1.48. The van der Waals surface area contributed by atoms with E-state index in [2.05, 4.69) is 18.5 Å². The van der Waals surface area contributed by atoms with Crippen LogP contribution in [0, 0.1) is 17.8 Å². The van der Waals surface area contributed by atoms with E-state index in [0.717, 1.165) is 10.8 Å². The first-order valence-corrected chi connectivity index (χ1v) is 16.7. The molecule has 0 unspecified atom stereocenters. The SMILES string of the molecule is C=CCCC(=O)NC[C@H](C)OC(=O)[C@@H]1[C@H]2C(=O)N([C@@H](CO)[C@@H](C)CC)[C@H](C(=O)N(CC=C)c3ccc4ccccc4c3)[C@]23CC[C@H]1O3. The maximum Gasteiger partial charge on any atom is 0.312 e. The lowest BCUT2D eigenvalue weighted by Gasteiger charge is -2.41. The van der Waals surface area contributed by atoms with E-state index in [1.807, 2.05) is 56.3 Å². The molecule has 3 heterocycles. The number of carbonyl (C=O) groups is 4. The molecule has 5 rings (SSSR count). The number of aliphatic hydroxyl groups excluding tert-OH is 1. The van der Waals surface area contributed by atoms with E-state index in [1.165, 1.54) is 4.90 Å². The zero-order valence-corrected chi connectivity index (χ0v) is 27.6. The molecular weight excluding hydrogens is 598 g/mol. The fourth-order valence-electron chi connectivity index (χ4n) is 7.65. The van der Waals surface area contributed by atoms with Crippen LogP contribution in [-0.2, 0) is 28.7 Å². The standard InChI is InChI=1S/C37H47N3O7/c1-6-9-14-30(42)38-21-24(5)46-36(45)31-29-17-18-37(47-29)32(31)34(43)40(28(22-41)23(4)8-3)33(37)35(44)39(19-7-2)27-16-15-25-12-10-11-13-26(25)20-27/h6-7,10-13,15-16,20,23-24,28-29,31-33,41H,1-2,8-9,14,17-19,21-22H2,3-5H3,(H,38,42)/t23-,24-,28-,29+,31-,32-,33+,37-/m0/s1. The van der Waals surface area contributed by atoms with Gasteiger partial charge in [-0.2, -0.15) is 0 Å². The fourth-order valence-corrected chi connectivity index (χ4v) is 7.65. The fraction of sp³-hybridized carbons (Fsp3) is 0.514. The largest absolute Gasteiger partial charge is 0.460 e. The Morgan fingerprint density at radius 2 is 1.91 bits per heavy atom. The maximum absolute atomic E-state index is 14.9. The minimum absolute atomic E-state index is 0.125. The minimum atomic E-state index is -1.26.